The maximum atomic E-state index is 6.23. The molecule has 0 N–H and O–H groups in total. The third kappa shape index (κ3) is 3.51. The minimum atomic E-state index is 0.106. The summed E-state index contributed by atoms with van der Waals surface area (Å²) in [5.41, 5.74) is 1.82. The number of nitrogens with zero attached hydrogens (tertiary/aromatic N) is 2. The summed E-state index contributed by atoms with van der Waals surface area (Å²) in [6.45, 7) is 2.05. The Kier molecular flexibility index (Phi) is 4.88. The topological polar surface area (TPSA) is 48.2 Å². The Morgan fingerprint density at radius 3 is 2.61 bits per heavy atom. The molecule has 0 spiro atoms. The summed E-state index contributed by atoms with van der Waals surface area (Å²) in [5.74, 6) is 1.14. The molecule has 0 aliphatic heterocycles. The first kappa shape index (κ1) is 15.9. The number of para-hydroxylation sites is 1. The lowest BCUT2D eigenvalue weighted by Crippen LogP contribution is -1.89. The molecule has 0 bridgehead atoms. The summed E-state index contributed by atoms with van der Waals surface area (Å²) in [6, 6.07) is 15.3. The van der Waals surface area contributed by atoms with Gasteiger partial charge in [-0.25, -0.2) is 0 Å². The van der Waals surface area contributed by atoms with Crippen molar-refractivity contribution in [2.45, 2.75) is 17.4 Å². The molecule has 0 fully saturated rings. The smallest absolute Gasteiger partial charge is 0.277 e. The molecule has 1 unspecified atom stereocenters. The molecule has 1 aromatic heterocycles. The van der Waals surface area contributed by atoms with Crippen LogP contribution in [-0.2, 0) is 0 Å². The molecule has 4 nitrogen and oxygen atoms in total. The Bertz CT molecular complexity index is 807. The molecule has 3 rings (SSSR count). The highest BCUT2D eigenvalue weighted by molar-refractivity contribution is 7.99. The Labute approximate surface area is 143 Å². The molecule has 1 heterocycles. The van der Waals surface area contributed by atoms with Crippen LogP contribution in [0.25, 0.3) is 11.5 Å². The first-order valence-corrected chi connectivity index (χ1v) is 8.32. The van der Waals surface area contributed by atoms with Gasteiger partial charge in [0, 0.05) is 10.3 Å². The van der Waals surface area contributed by atoms with E-state index in [2.05, 4.69) is 17.1 Å². The standard InChI is InChI=1S/C17H15ClN2O2S/c1-11(12-7-3-5-9-14(12)18)23-17-20-19-16(22-17)13-8-4-6-10-15(13)21-2/h3-11H,1-2H3. The van der Waals surface area contributed by atoms with Crippen LogP contribution in [0.3, 0.4) is 0 Å². The summed E-state index contributed by atoms with van der Waals surface area (Å²) in [4.78, 5) is 0. The fourth-order valence-corrected chi connectivity index (χ4v) is 3.42. The molecule has 0 radical (unpaired) electrons. The van der Waals surface area contributed by atoms with E-state index in [-0.39, 0.29) is 5.25 Å². The number of methoxy groups -OCH3 is 1. The summed E-state index contributed by atoms with van der Waals surface area (Å²) in [5, 5.41) is 9.56. The van der Waals surface area contributed by atoms with Crippen LogP contribution >= 0.6 is 23.4 Å². The molecular formula is C17H15ClN2O2S. The molecule has 0 aliphatic rings. The molecule has 6 heteroatoms. The van der Waals surface area contributed by atoms with Gasteiger partial charge in [0.05, 0.1) is 12.7 Å². The highest BCUT2D eigenvalue weighted by Crippen LogP contribution is 2.38. The van der Waals surface area contributed by atoms with Gasteiger partial charge < -0.3 is 9.15 Å². The summed E-state index contributed by atoms with van der Waals surface area (Å²) >= 11 is 7.70. The zero-order valence-electron chi connectivity index (χ0n) is 12.7. The first-order valence-electron chi connectivity index (χ1n) is 7.07. The number of hydrogen-bond acceptors (Lipinski definition) is 5. The Morgan fingerprint density at radius 1 is 1.09 bits per heavy atom. The zero-order valence-corrected chi connectivity index (χ0v) is 14.3. The Morgan fingerprint density at radius 2 is 1.83 bits per heavy atom. The normalized spacial score (nSPS) is 12.1. The van der Waals surface area contributed by atoms with E-state index in [1.165, 1.54) is 11.8 Å². The predicted molar refractivity (Wildman–Crippen MR) is 92.0 cm³/mol. The van der Waals surface area contributed by atoms with Gasteiger partial charge in [0.15, 0.2) is 0 Å². The van der Waals surface area contributed by atoms with Crippen molar-refractivity contribution in [2.75, 3.05) is 7.11 Å². The van der Waals surface area contributed by atoms with Gasteiger partial charge in [-0.05, 0) is 30.7 Å². The van der Waals surface area contributed by atoms with Gasteiger partial charge in [0.1, 0.15) is 5.75 Å². The van der Waals surface area contributed by atoms with Crippen molar-refractivity contribution in [1.29, 1.82) is 0 Å². The Hall–Kier alpha value is -1.98. The van der Waals surface area contributed by atoms with E-state index in [4.69, 9.17) is 20.8 Å². The van der Waals surface area contributed by atoms with Crippen molar-refractivity contribution in [3.05, 3.63) is 59.1 Å². The monoisotopic (exact) mass is 346 g/mol. The van der Waals surface area contributed by atoms with E-state index in [0.717, 1.165) is 16.1 Å². The quantitative estimate of drug-likeness (QED) is 0.590. The number of thioether (sulfide) groups is 1. The highest BCUT2D eigenvalue weighted by atomic mass is 35.5. The maximum Gasteiger partial charge on any atom is 0.277 e. The van der Waals surface area contributed by atoms with Gasteiger partial charge in [-0.1, -0.05) is 53.7 Å². The van der Waals surface area contributed by atoms with Gasteiger partial charge in [-0.15, -0.1) is 10.2 Å². The van der Waals surface area contributed by atoms with E-state index < -0.39 is 0 Å². The molecule has 118 valence electrons. The molecule has 3 aromatic rings. The predicted octanol–water partition coefficient (Wildman–Crippen LogP) is 5.25. The van der Waals surface area contributed by atoms with Crippen LogP contribution in [0, 0.1) is 0 Å². The van der Waals surface area contributed by atoms with Crippen LogP contribution in [0.2, 0.25) is 5.02 Å². The second-order valence-corrected chi connectivity index (χ2v) is 6.55. The van der Waals surface area contributed by atoms with E-state index >= 15 is 0 Å². The number of ether oxygens (including phenoxy) is 1. The molecule has 0 amide bonds. The minimum absolute atomic E-state index is 0.106. The summed E-state index contributed by atoms with van der Waals surface area (Å²) < 4.78 is 11.1. The van der Waals surface area contributed by atoms with Crippen molar-refractivity contribution in [1.82, 2.24) is 10.2 Å². The number of aromatic nitrogens is 2. The second-order valence-electron chi connectivity index (χ2n) is 4.85. The van der Waals surface area contributed by atoms with Crippen LogP contribution in [0.15, 0.2) is 58.2 Å². The first-order chi connectivity index (χ1) is 11.2. The molecule has 0 saturated carbocycles. The third-order valence-corrected chi connectivity index (χ3v) is 4.68. The van der Waals surface area contributed by atoms with Gasteiger partial charge in [-0.2, -0.15) is 0 Å². The van der Waals surface area contributed by atoms with Crippen molar-refractivity contribution in [2.24, 2.45) is 0 Å². The SMILES string of the molecule is COc1ccccc1-c1nnc(SC(C)c2ccccc2Cl)o1. The third-order valence-electron chi connectivity index (χ3n) is 3.36. The van der Waals surface area contributed by atoms with E-state index in [1.54, 1.807) is 7.11 Å². The van der Waals surface area contributed by atoms with Gasteiger partial charge >= 0.3 is 0 Å². The number of halogens is 1. The average molecular weight is 347 g/mol. The summed E-state index contributed by atoms with van der Waals surface area (Å²) in [7, 11) is 1.62. The van der Waals surface area contributed by atoms with E-state index in [1.807, 2.05) is 48.5 Å². The minimum Gasteiger partial charge on any atom is -0.496 e. The molecular weight excluding hydrogens is 332 g/mol. The lowest BCUT2D eigenvalue weighted by Gasteiger charge is -2.10. The van der Waals surface area contributed by atoms with Crippen molar-refractivity contribution in [3.63, 3.8) is 0 Å². The van der Waals surface area contributed by atoms with Crippen LogP contribution in [0.1, 0.15) is 17.7 Å². The molecule has 0 saturated heterocycles. The van der Waals surface area contributed by atoms with Crippen molar-refractivity contribution in [3.8, 4) is 17.2 Å². The van der Waals surface area contributed by atoms with Gasteiger partial charge in [0.25, 0.3) is 11.1 Å². The van der Waals surface area contributed by atoms with Crippen LogP contribution < -0.4 is 4.74 Å². The zero-order chi connectivity index (χ0) is 16.2. The maximum absolute atomic E-state index is 6.23. The Balaban J connectivity index is 1.81. The largest absolute Gasteiger partial charge is 0.496 e. The van der Waals surface area contributed by atoms with E-state index in [0.29, 0.717) is 16.9 Å². The molecule has 23 heavy (non-hydrogen) atoms. The number of rotatable bonds is 5. The molecule has 0 aliphatic carbocycles. The average Bonchev–Trinajstić information content (AvgIpc) is 3.03. The van der Waals surface area contributed by atoms with Crippen LogP contribution in [-0.4, -0.2) is 17.3 Å². The fourth-order valence-electron chi connectivity index (χ4n) is 2.21. The second kappa shape index (κ2) is 7.06. The fraction of sp³-hybridized carbons (Fsp3) is 0.176. The van der Waals surface area contributed by atoms with Crippen LogP contribution in [0.4, 0.5) is 0 Å². The lowest BCUT2D eigenvalue weighted by atomic mass is 10.2. The van der Waals surface area contributed by atoms with E-state index in [9.17, 15) is 0 Å². The lowest BCUT2D eigenvalue weighted by molar-refractivity contribution is 0.411. The van der Waals surface area contributed by atoms with Crippen molar-refractivity contribution < 1.29 is 9.15 Å². The van der Waals surface area contributed by atoms with Gasteiger partial charge in [0.2, 0.25) is 0 Å². The van der Waals surface area contributed by atoms with Gasteiger partial charge in [-0.3, -0.25) is 0 Å². The van der Waals surface area contributed by atoms with Crippen LogP contribution in [0.5, 0.6) is 5.75 Å². The molecule has 1 atom stereocenters. The highest BCUT2D eigenvalue weighted by Gasteiger charge is 2.17. The number of hydrogen-bond donors (Lipinski definition) is 0. The number of benzene rings is 2. The summed E-state index contributed by atoms with van der Waals surface area (Å²) in [6.07, 6.45) is 0. The van der Waals surface area contributed by atoms with Crippen molar-refractivity contribution >= 4 is 23.4 Å². The molecule has 2 aromatic carbocycles.